The van der Waals surface area contributed by atoms with E-state index in [1.807, 2.05) is 0 Å². The molecule has 100 valence electrons. The molecule has 0 saturated heterocycles. The quantitative estimate of drug-likeness (QED) is 0.720. The molecule has 3 rings (SSSR count). The molecule has 0 amide bonds. The molecule has 0 radical (unpaired) electrons. The monoisotopic (exact) mass is 270 g/mol. The van der Waals surface area contributed by atoms with Gasteiger partial charge in [0.2, 0.25) is 10.0 Å². The van der Waals surface area contributed by atoms with E-state index in [9.17, 15) is 8.42 Å². The van der Waals surface area contributed by atoms with Crippen molar-refractivity contribution in [1.29, 1.82) is 0 Å². The summed E-state index contributed by atoms with van der Waals surface area (Å²) in [6.07, 6.45) is 5.99. The maximum Gasteiger partial charge on any atom is 0.242 e. The van der Waals surface area contributed by atoms with Gasteiger partial charge >= 0.3 is 0 Å². The Morgan fingerprint density at radius 3 is 2.39 bits per heavy atom. The molecule has 6 heteroatoms. The molecule has 0 bridgehead atoms. The molecule has 0 unspecified atom stereocenters. The number of aromatic nitrogens is 1. The van der Waals surface area contributed by atoms with Gasteiger partial charge in [-0.1, -0.05) is 0 Å². The third-order valence-electron chi connectivity index (χ3n) is 3.75. The normalized spacial score (nSPS) is 20.6. The number of hydrogen-bond acceptors (Lipinski definition) is 3. The van der Waals surface area contributed by atoms with E-state index in [2.05, 4.69) is 9.71 Å². The first kappa shape index (κ1) is 12.2. The lowest BCUT2D eigenvalue weighted by atomic mass is 10.1. The molecule has 3 N–H and O–H groups in total. The van der Waals surface area contributed by atoms with E-state index in [1.54, 1.807) is 0 Å². The van der Waals surface area contributed by atoms with Crippen LogP contribution in [0, 0.1) is 11.8 Å². The molecule has 2 saturated carbocycles. The summed E-state index contributed by atoms with van der Waals surface area (Å²) in [5.74, 6) is 1.06. The topological polar surface area (TPSA) is 82.2 Å². The van der Waals surface area contributed by atoms with Crippen molar-refractivity contribution in [3.05, 3.63) is 18.0 Å². The minimum Gasteiger partial charge on any atom is -0.390 e. The van der Waals surface area contributed by atoms with Gasteiger partial charge in [-0.3, -0.25) is 0 Å². The lowest BCUT2D eigenvalue weighted by molar-refractivity contribution is 0.277. The van der Waals surface area contributed by atoms with Gasteiger partial charge < -0.3 is 10.1 Å². The van der Waals surface area contributed by atoms with Crippen molar-refractivity contribution in [3.63, 3.8) is 0 Å². The zero-order valence-electron chi connectivity index (χ0n) is 10.1. The van der Waals surface area contributed by atoms with Gasteiger partial charge in [-0.2, -0.15) is 0 Å². The summed E-state index contributed by atoms with van der Waals surface area (Å²) < 4.78 is 27.3. The Morgan fingerprint density at radius 1 is 1.33 bits per heavy atom. The summed E-state index contributed by atoms with van der Waals surface area (Å²) in [5, 5.41) is 8.95. The van der Waals surface area contributed by atoms with Crippen molar-refractivity contribution < 1.29 is 13.5 Å². The van der Waals surface area contributed by atoms with Crippen LogP contribution in [0.4, 0.5) is 0 Å². The second kappa shape index (κ2) is 4.36. The maximum absolute atomic E-state index is 12.2. The van der Waals surface area contributed by atoms with Crippen LogP contribution in [0.5, 0.6) is 0 Å². The third kappa shape index (κ3) is 2.46. The second-order valence-electron chi connectivity index (χ2n) is 5.34. The fraction of sp³-hybridized carbons (Fsp3) is 0.667. The molecule has 0 aromatic carbocycles. The fourth-order valence-corrected chi connectivity index (χ4v) is 3.79. The highest BCUT2D eigenvalue weighted by Gasteiger charge is 2.43. The number of rotatable bonds is 6. The predicted octanol–water partition coefficient (Wildman–Crippen LogP) is 0.974. The molecule has 0 spiro atoms. The van der Waals surface area contributed by atoms with Crippen LogP contribution in [0.2, 0.25) is 0 Å². The van der Waals surface area contributed by atoms with Gasteiger partial charge in [0.1, 0.15) is 0 Å². The SMILES string of the molecule is O=S(=O)(NC(C1CC1)C1CC1)c1c[nH]c(CO)c1. The highest BCUT2D eigenvalue weighted by Crippen LogP contribution is 2.45. The standard InChI is InChI=1S/C12H18N2O3S/c15-7-10-5-11(6-13-10)18(16,17)14-12(8-1-2-8)9-3-4-9/h5-6,8-9,12-15H,1-4,7H2. The van der Waals surface area contributed by atoms with Gasteiger partial charge in [-0.05, 0) is 43.6 Å². The third-order valence-corrected chi connectivity index (χ3v) is 5.19. The van der Waals surface area contributed by atoms with Gasteiger partial charge in [0.05, 0.1) is 11.5 Å². The zero-order valence-corrected chi connectivity index (χ0v) is 10.9. The van der Waals surface area contributed by atoms with Gasteiger partial charge in [-0.15, -0.1) is 0 Å². The maximum atomic E-state index is 12.2. The first-order valence-electron chi connectivity index (χ1n) is 6.40. The number of aliphatic hydroxyl groups is 1. The number of nitrogens with one attached hydrogen (secondary N) is 2. The molecule has 1 heterocycles. The van der Waals surface area contributed by atoms with Crippen molar-refractivity contribution in [2.75, 3.05) is 0 Å². The molecule has 18 heavy (non-hydrogen) atoms. The number of aliphatic hydroxyl groups excluding tert-OH is 1. The Kier molecular flexibility index (Phi) is 2.96. The van der Waals surface area contributed by atoms with Crippen molar-refractivity contribution in [2.24, 2.45) is 11.8 Å². The molecule has 1 aromatic rings. The number of H-pyrrole nitrogens is 1. The molecule has 5 nitrogen and oxygen atoms in total. The Labute approximate surface area is 107 Å². The molecular formula is C12H18N2O3S. The first-order valence-corrected chi connectivity index (χ1v) is 7.89. The molecule has 0 aliphatic heterocycles. The van der Waals surface area contributed by atoms with Crippen molar-refractivity contribution in [2.45, 2.75) is 43.2 Å². The summed E-state index contributed by atoms with van der Waals surface area (Å²) in [6, 6.07) is 1.60. The Balaban J connectivity index is 1.76. The lowest BCUT2D eigenvalue weighted by Crippen LogP contribution is -2.37. The first-order chi connectivity index (χ1) is 8.60. The van der Waals surface area contributed by atoms with E-state index in [0.717, 1.165) is 25.7 Å². The van der Waals surface area contributed by atoms with E-state index < -0.39 is 10.0 Å². The van der Waals surface area contributed by atoms with E-state index in [0.29, 0.717) is 17.5 Å². The van der Waals surface area contributed by atoms with Gasteiger partial charge in [0, 0.05) is 17.9 Å². The summed E-state index contributed by atoms with van der Waals surface area (Å²) in [7, 11) is -3.45. The smallest absolute Gasteiger partial charge is 0.242 e. The molecule has 2 aliphatic rings. The average molecular weight is 270 g/mol. The Hall–Kier alpha value is -0.850. The Morgan fingerprint density at radius 2 is 1.94 bits per heavy atom. The minimum absolute atomic E-state index is 0.113. The highest BCUT2D eigenvalue weighted by atomic mass is 32.2. The summed E-state index contributed by atoms with van der Waals surface area (Å²) in [6.45, 7) is -0.176. The zero-order chi connectivity index (χ0) is 12.8. The summed E-state index contributed by atoms with van der Waals surface area (Å²) in [4.78, 5) is 2.98. The van der Waals surface area contributed by atoms with Crippen molar-refractivity contribution in [3.8, 4) is 0 Å². The minimum atomic E-state index is -3.45. The van der Waals surface area contributed by atoms with E-state index in [-0.39, 0.29) is 17.5 Å². The van der Waals surface area contributed by atoms with E-state index in [4.69, 9.17) is 5.11 Å². The largest absolute Gasteiger partial charge is 0.390 e. The van der Waals surface area contributed by atoms with Crippen LogP contribution in [0.3, 0.4) is 0 Å². The van der Waals surface area contributed by atoms with Crippen LogP contribution in [0.1, 0.15) is 31.4 Å². The number of aromatic amines is 1. The summed E-state index contributed by atoms with van der Waals surface area (Å²) in [5.41, 5.74) is 0.518. The lowest BCUT2D eigenvalue weighted by Gasteiger charge is -2.16. The van der Waals surface area contributed by atoms with Gasteiger partial charge in [0.25, 0.3) is 0 Å². The molecule has 0 atom stereocenters. The van der Waals surface area contributed by atoms with Gasteiger partial charge in [-0.25, -0.2) is 13.1 Å². The van der Waals surface area contributed by atoms with E-state index >= 15 is 0 Å². The van der Waals surface area contributed by atoms with Crippen molar-refractivity contribution >= 4 is 10.0 Å². The molecular weight excluding hydrogens is 252 g/mol. The molecule has 1 aromatic heterocycles. The van der Waals surface area contributed by atoms with Crippen LogP contribution in [-0.2, 0) is 16.6 Å². The molecule has 2 aliphatic carbocycles. The summed E-state index contributed by atoms with van der Waals surface area (Å²) >= 11 is 0. The van der Waals surface area contributed by atoms with Crippen LogP contribution in [0.15, 0.2) is 17.2 Å². The van der Waals surface area contributed by atoms with E-state index in [1.165, 1.54) is 12.3 Å². The highest BCUT2D eigenvalue weighted by molar-refractivity contribution is 7.89. The van der Waals surface area contributed by atoms with Crippen LogP contribution in [0.25, 0.3) is 0 Å². The number of sulfonamides is 1. The predicted molar refractivity (Wildman–Crippen MR) is 66.3 cm³/mol. The fourth-order valence-electron chi connectivity index (χ4n) is 2.40. The van der Waals surface area contributed by atoms with Crippen LogP contribution in [-0.4, -0.2) is 24.6 Å². The molecule has 2 fully saturated rings. The van der Waals surface area contributed by atoms with Crippen LogP contribution >= 0.6 is 0 Å². The Bertz CT molecular complexity index is 517. The van der Waals surface area contributed by atoms with Gasteiger partial charge in [0.15, 0.2) is 0 Å². The second-order valence-corrected chi connectivity index (χ2v) is 7.05. The van der Waals surface area contributed by atoms with Crippen molar-refractivity contribution in [1.82, 2.24) is 9.71 Å². The van der Waals surface area contributed by atoms with Crippen LogP contribution < -0.4 is 4.72 Å². The number of hydrogen-bond donors (Lipinski definition) is 3. The average Bonchev–Trinajstić information content (AvgIpc) is 3.24.